The molecule has 0 saturated carbocycles. The lowest BCUT2D eigenvalue weighted by Gasteiger charge is -2.15. The molecule has 0 aliphatic carbocycles. The molecule has 156 valence electrons. The summed E-state index contributed by atoms with van der Waals surface area (Å²) in [5.74, 6) is 1.84. The highest BCUT2D eigenvalue weighted by Gasteiger charge is 2.14. The molecule has 0 heterocycles. The minimum absolute atomic E-state index is 0.296. The van der Waals surface area contributed by atoms with Crippen molar-refractivity contribution in [2.24, 2.45) is 0 Å². The Bertz CT molecular complexity index is 1210. The Hall–Kier alpha value is -3.86. The Labute approximate surface area is 179 Å². The topological polar surface area (TPSA) is 44.8 Å². The Kier molecular flexibility index (Phi) is 5.85. The van der Waals surface area contributed by atoms with Crippen molar-refractivity contribution in [1.82, 2.24) is 0 Å². The molecule has 5 heteroatoms. The maximum Gasteiger partial charge on any atom is 0.310 e. The van der Waals surface area contributed by atoms with E-state index in [1.165, 1.54) is 12.1 Å². The molecule has 0 radical (unpaired) electrons. The van der Waals surface area contributed by atoms with Crippen LogP contribution in [0.5, 0.6) is 23.0 Å². The quantitative estimate of drug-likeness (QED) is 0.257. The lowest BCUT2D eigenvalue weighted by Crippen LogP contribution is -2.05. The van der Waals surface area contributed by atoms with Crippen LogP contribution in [0.1, 0.15) is 13.3 Å². The van der Waals surface area contributed by atoms with Gasteiger partial charge in [-0.1, -0.05) is 25.1 Å². The molecule has 0 saturated heterocycles. The zero-order chi connectivity index (χ0) is 21.8. The van der Waals surface area contributed by atoms with Gasteiger partial charge in [-0.05, 0) is 71.6 Å². The van der Waals surface area contributed by atoms with Crippen LogP contribution in [0.2, 0.25) is 0 Å². The Morgan fingerprint density at radius 1 is 0.839 bits per heavy atom. The van der Waals surface area contributed by atoms with Crippen molar-refractivity contribution in [3.8, 4) is 34.1 Å². The van der Waals surface area contributed by atoms with Crippen LogP contribution in [0.25, 0.3) is 21.9 Å². The van der Waals surface area contributed by atoms with Crippen molar-refractivity contribution in [3.05, 3.63) is 84.7 Å². The molecule has 0 aliphatic heterocycles. The summed E-state index contributed by atoms with van der Waals surface area (Å²) in [5, 5.41) is 1.85. The molecule has 0 aromatic heterocycles. The average molecular weight is 416 g/mol. The SMILES string of the molecule is CCC(=O)Oc1ccc(Oc2c(-c3ccc(F)cc3)ccc3cc(OC)ccc23)cc1. The van der Waals surface area contributed by atoms with E-state index in [0.29, 0.717) is 23.7 Å². The number of ether oxygens (including phenoxy) is 3. The van der Waals surface area contributed by atoms with Crippen LogP contribution in [0.15, 0.2) is 78.9 Å². The van der Waals surface area contributed by atoms with E-state index in [1.54, 1.807) is 50.4 Å². The monoisotopic (exact) mass is 416 g/mol. The third-order valence-electron chi connectivity index (χ3n) is 4.90. The van der Waals surface area contributed by atoms with Crippen molar-refractivity contribution in [3.63, 3.8) is 0 Å². The van der Waals surface area contributed by atoms with Gasteiger partial charge in [-0.3, -0.25) is 4.79 Å². The average Bonchev–Trinajstić information content (AvgIpc) is 2.80. The van der Waals surface area contributed by atoms with Crippen molar-refractivity contribution in [2.75, 3.05) is 7.11 Å². The predicted octanol–water partition coefficient (Wildman–Crippen LogP) is 6.76. The normalized spacial score (nSPS) is 10.7. The van der Waals surface area contributed by atoms with Crippen molar-refractivity contribution >= 4 is 16.7 Å². The fraction of sp³-hybridized carbons (Fsp3) is 0.115. The fourth-order valence-corrected chi connectivity index (χ4v) is 3.27. The molecule has 4 nitrogen and oxygen atoms in total. The van der Waals surface area contributed by atoms with Crippen molar-refractivity contribution in [2.45, 2.75) is 13.3 Å². The second-order valence-electron chi connectivity index (χ2n) is 6.94. The first-order valence-electron chi connectivity index (χ1n) is 9.92. The summed E-state index contributed by atoms with van der Waals surface area (Å²) < 4.78 is 30.3. The van der Waals surface area contributed by atoms with Crippen LogP contribution in [-0.4, -0.2) is 13.1 Å². The maximum absolute atomic E-state index is 13.5. The molecule has 0 atom stereocenters. The summed E-state index contributed by atoms with van der Waals surface area (Å²) in [6, 6.07) is 22.8. The fourth-order valence-electron chi connectivity index (χ4n) is 3.27. The first kappa shape index (κ1) is 20.4. The highest BCUT2D eigenvalue weighted by Crippen LogP contribution is 2.40. The third-order valence-corrected chi connectivity index (χ3v) is 4.90. The number of hydrogen-bond acceptors (Lipinski definition) is 4. The van der Waals surface area contributed by atoms with E-state index in [0.717, 1.165) is 27.6 Å². The molecule has 0 N–H and O–H groups in total. The van der Waals surface area contributed by atoms with Crippen LogP contribution in [0.4, 0.5) is 4.39 Å². The zero-order valence-corrected chi connectivity index (χ0v) is 17.2. The summed E-state index contributed by atoms with van der Waals surface area (Å²) in [4.78, 5) is 11.5. The third kappa shape index (κ3) is 4.51. The number of methoxy groups -OCH3 is 1. The van der Waals surface area contributed by atoms with Crippen molar-refractivity contribution < 1.29 is 23.4 Å². The van der Waals surface area contributed by atoms with Gasteiger partial charge in [0.05, 0.1) is 7.11 Å². The molecule has 0 aliphatic rings. The second kappa shape index (κ2) is 8.88. The van der Waals surface area contributed by atoms with Gasteiger partial charge < -0.3 is 14.2 Å². The van der Waals surface area contributed by atoms with Crippen LogP contribution in [-0.2, 0) is 4.79 Å². The lowest BCUT2D eigenvalue weighted by molar-refractivity contribution is -0.134. The van der Waals surface area contributed by atoms with Crippen LogP contribution < -0.4 is 14.2 Å². The Morgan fingerprint density at radius 3 is 2.19 bits per heavy atom. The summed E-state index contributed by atoms with van der Waals surface area (Å²) in [5.41, 5.74) is 1.67. The highest BCUT2D eigenvalue weighted by atomic mass is 19.1. The molecule has 0 amide bonds. The first-order chi connectivity index (χ1) is 15.1. The maximum atomic E-state index is 13.5. The molecule has 0 unspecified atom stereocenters. The van der Waals surface area contributed by atoms with Gasteiger partial charge in [0.15, 0.2) is 0 Å². The van der Waals surface area contributed by atoms with Gasteiger partial charge in [0.2, 0.25) is 0 Å². The van der Waals surface area contributed by atoms with Crippen molar-refractivity contribution in [1.29, 1.82) is 0 Å². The second-order valence-corrected chi connectivity index (χ2v) is 6.94. The molecule has 0 fully saturated rings. The molecular weight excluding hydrogens is 395 g/mol. The van der Waals surface area contributed by atoms with Crippen LogP contribution >= 0.6 is 0 Å². The smallest absolute Gasteiger partial charge is 0.310 e. The van der Waals surface area contributed by atoms with Gasteiger partial charge in [-0.2, -0.15) is 0 Å². The molecule has 0 bridgehead atoms. The summed E-state index contributed by atoms with van der Waals surface area (Å²) in [7, 11) is 1.62. The number of carbonyl (C=O) groups excluding carboxylic acids is 1. The lowest BCUT2D eigenvalue weighted by atomic mass is 9.99. The van der Waals surface area contributed by atoms with Gasteiger partial charge in [-0.25, -0.2) is 4.39 Å². The number of halogens is 1. The Balaban J connectivity index is 1.77. The first-order valence-corrected chi connectivity index (χ1v) is 9.92. The number of esters is 1. The van der Waals surface area contributed by atoms with E-state index >= 15 is 0 Å². The zero-order valence-electron chi connectivity index (χ0n) is 17.2. The largest absolute Gasteiger partial charge is 0.497 e. The summed E-state index contributed by atoms with van der Waals surface area (Å²) >= 11 is 0. The number of carbonyl (C=O) groups is 1. The van der Waals surface area contributed by atoms with Gasteiger partial charge in [-0.15, -0.1) is 0 Å². The minimum atomic E-state index is -0.297. The van der Waals surface area contributed by atoms with Gasteiger partial charge in [0.1, 0.15) is 28.8 Å². The van der Waals surface area contributed by atoms with E-state index in [1.807, 2.05) is 30.3 Å². The van der Waals surface area contributed by atoms with Gasteiger partial charge in [0, 0.05) is 17.4 Å². The number of benzene rings is 4. The number of rotatable bonds is 6. The van der Waals surface area contributed by atoms with E-state index in [4.69, 9.17) is 14.2 Å². The van der Waals surface area contributed by atoms with E-state index in [-0.39, 0.29) is 11.8 Å². The minimum Gasteiger partial charge on any atom is -0.497 e. The van der Waals surface area contributed by atoms with Gasteiger partial charge >= 0.3 is 5.97 Å². The predicted molar refractivity (Wildman–Crippen MR) is 118 cm³/mol. The molecule has 4 aromatic rings. The number of fused-ring (bicyclic) bond motifs is 1. The molecular formula is C26H21FO4. The van der Waals surface area contributed by atoms with E-state index < -0.39 is 0 Å². The van der Waals surface area contributed by atoms with Gasteiger partial charge in [0.25, 0.3) is 0 Å². The molecule has 4 aromatic carbocycles. The summed E-state index contributed by atoms with van der Waals surface area (Å²) in [6.07, 6.45) is 0.304. The van der Waals surface area contributed by atoms with E-state index in [9.17, 15) is 9.18 Å². The van der Waals surface area contributed by atoms with Crippen LogP contribution in [0.3, 0.4) is 0 Å². The van der Waals surface area contributed by atoms with Crippen LogP contribution in [0, 0.1) is 5.82 Å². The molecule has 4 rings (SSSR count). The number of hydrogen-bond donors (Lipinski definition) is 0. The Morgan fingerprint density at radius 2 is 1.52 bits per heavy atom. The molecule has 31 heavy (non-hydrogen) atoms. The van der Waals surface area contributed by atoms with E-state index in [2.05, 4.69) is 0 Å². The summed E-state index contributed by atoms with van der Waals surface area (Å²) in [6.45, 7) is 1.74. The highest BCUT2D eigenvalue weighted by molar-refractivity contribution is 5.96. The molecule has 0 spiro atoms. The standard InChI is InChI=1S/C26H21FO4/c1-3-25(28)30-20-9-11-21(12-10-20)31-26-23(17-4-7-19(27)8-5-17)14-6-18-16-22(29-2)13-15-24(18)26/h4-16H,3H2,1-2H3.